The summed E-state index contributed by atoms with van der Waals surface area (Å²) in [5.41, 5.74) is 2.66. The van der Waals surface area contributed by atoms with Crippen molar-refractivity contribution in [1.82, 2.24) is 25.2 Å². The van der Waals surface area contributed by atoms with Crippen LogP contribution in [-0.2, 0) is 13.2 Å². The van der Waals surface area contributed by atoms with Gasteiger partial charge in [0.1, 0.15) is 23.3 Å². The van der Waals surface area contributed by atoms with Crippen molar-refractivity contribution in [3.63, 3.8) is 0 Å². The molecule has 1 N–H and O–H groups in total. The topological polar surface area (TPSA) is 112 Å². The van der Waals surface area contributed by atoms with Crippen molar-refractivity contribution in [2.75, 3.05) is 7.11 Å². The van der Waals surface area contributed by atoms with E-state index in [4.69, 9.17) is 21.1 Å². The number of hydrogen-bond donors (Lipinski definition) is 1. The van der Waals surface area contributed by atoms with Gasteiger partial charge in [0.15, 0.2) is 0 Å². The second kappa shape index (κ2) is 9.69. The molecular weight excluding hydrogens is 490 g/mol. The highest BCUT2D eigenvalue weighted by Crippen LogP contribution is 2.34. The van der Waals surface area contributed by atoms with Crippen LogP contribution >= 0.6 is 22.9 Å². The number of aromatic carboxylic acids is 1. The summed E-state index contributed by atoms with van der Waals surface area (Å²) in [6, 6.07) is 15.0. The number of rotatable bonds is 8. The fourth-order valence-electron chi connectivity index (χ4n) is 3.53. The minimum Gasteiger partial charge on any atom is -0.497 e. The molecule has 0 unspecified atom stereocenters. The summed E-state index contributed by atoms with van der Waals surface area (Å²) in [6.45, 7) is 0.678. The molecule has 9 nitrogen and oxygen atoms in total. The minimum absolute atomic E-state index is 0.117. The summed E-state index contributed by atoms with van der Waals surface area (Å²) >= 11 is 7.56. The number of carboxylic acids is 1. The molecular formula is C24H18ClN5O4S. The molecule has 0 atom stereocenters. The van der Waals surface area contributed by atoms with Crippen molar-refractivity contribution in [2.45, 2.75) is 13.2 Å². The molecule has 0 amide bonds. The first-order valence-electron chi connectivity index (χ1n) is 10.4. The molecule has 0 aliphatic heterocycles. The van der Waals surface area contributed by atoms with E-state index in [1.807, 2.05) is 53.9 Å². The zero-order valence-electron chi connectivity index (χ0n) is 18.4. The normalized spacial score (nSPS) is 11.0. The standard InChI is InChI=1S/C24H18ClN5O4S/c1-33-17-7-5-14(6-8-17)11-30-28-23(27-29-30)15-3-2-4-18(9-15)34-12-16-13-35-21-19(24(31)32)10-26-22(25)20(16)21/h2-10,13H,11-12H2,1H3,(H,31,32). The third-order valence-corrected chi connectivity index (χ3v) is 6.63. The number of thiophene rings is 1. The van der Waals surface area contributed by atoms with E-state index in [9.17, 15) is 9.90 Å². The van der Waals surface area contributed by atoms with Crippen LogP contribution in [0.2, 0.25) is 5.15 Å². The number of tetrazole rings is 1. The van der Waals surface area contributed by atoms with E-state index in [1.165, 1.54) is 22.3 Å². The van der Waals surface area contributed by atoms with E-state index in [2.05, 4.69) is 20.4 Å². The van der Waals surface area contributed by atoms with Crippen molar-refractivity contribution >= 4 is 39.0 Å². The van der Waals surface area contributed by atoms with Gasteiger partial charge in [-0.25, -0.2) is 9.78 Å². The number of carboxylic acid groups (broad SMARTS) is 1. The number of hydrogen-bond acceptors (Lipinski definition) is 8. The van der Waals surface area contributed by atoms with E-state index in [0.29, 0.717) is 28.2 Å². The Morgan fingerprint density at radius 1 is 1.17 bits per heavy atom. The highest BCUT2D eigenvalue weighted by Gasteiger charge is 2.17. The van der Waals surface area contributed by atoms with Crippen molar-refractivity contribution in [3.8, 4) is 22.9 Å². The van der Waals surface area contributed by atoms with Crippen LogP contribution in [0, 0.1) is 0 Å². The fourth-order valence-corrected chi connectivity index (χ4v) is 4.91. The minimum atomic E-state index is -1.05. The number of fused-ring (bicyclic) bond motifs is 1. The first-order chi connectivity index (χ1) is 17.0. The van der Waals surface area contributed by atoms with Crippen LogP contribution in [0.15, 0.2) is 60.1 Å². The molecule has 0 radical (unpaired) electrons. The smallest absolute Gasteiger partial charge is 0.338 e. The van der Waals surface area contributed by atoms with Gasteiger partial charge in [-0.05, 0) is 40.4 Å². The number of halogens is 1. The van der Waals surface area contributed by atoms with Gasteiger partial charge < -0.3 is 14.6 Å². The van der Waals surface area contributed by atoms with Crippen LogP contribution in [0.25, 0.3) is 21.5 Å². The van der Waals surface area contributed by atoms with Gasteiger partial charge in [-0.3, -0.25) is 0 Å². The Kier molecular flexibility index (Phi) is 6.30. The van der Waals surface area contributed by atoms with Crippen LogP contribution in [0.5, 0.6) is 11.5 Å². The molecule has 0 bridgehead atoms. The van der Waals surface area contributed by atoms with Crippen molar-refractivity contribution in [1.29, 1.82) is 0 Å². The third kappa shape index (κ3) is 4.79. The Hall–Kier alpha value is -4.02. The van der Waals surface area contributed by atoms with Gasteiger partial charge in [-0.2, -0.15) is 4.80 Å². The highest BCUT2D eigenvalue weighted by atomic mass is 35.5. The lowest BCUT2D eigenvalue weighted by molar-refractivity contribution is 0.0699. The van der Waals surface area contributed by atoms with Gasteiger partial charge in [0.05, 0.1) is 23.9 Å². The number of methoxy groups -OCH3 is 1. The monoisotopic (exact) mass is 507 g/mol. The molecule has 35 heavy (non-hydrogen) atoms. The van der Waals surface area contributed by atoms with Crippen LogP contribution in [0.1, 0.15) is 21.5 Å². The predicted octanol–water partition coefficient (Wildman–Crippen LogP) is 4.94. The quantitative estimate of drug-likeness (QED) is 0.294. The Bertz CT molecular complexity index is 1520. The number of carbonyl (C=O) groups is 1. The molecule has 0 aliphatic carbocycles. The molecule has 11 heteroatoms. The average molecular weight is 508 g/mol. The summed E-state index contributed by atoms with van der Waals surface area (Å²) < 4.78 is 11.7. The maximum Gasteiger partial charge on any atom is 0.338 e. The number of pyridine rings is 1. The summed E-state index contributed by atoms with van der Waals surface area (Å²) in [5, 5.41) is 24.9. The van der Waals surface area contributed by atoms with E-state index in [-0.39, 0.29) is 17.3 Å². The van der Waals surface area contributed by atoms with E-state index >= 15 is 0 Å². The second-order valence-corrected chi connectivity index (χ2v) is 8.78. The SMILES string of the molecule is COc1ccc(Cn2nnc(-c3cccc(OCc4csc5c(C(=O)O)cnc(Cl)c45)c3)n2)cc1. The number of ether oxygens (including phenoxy) is 2. The Morgan fingerprint density at radius 2 is 2.00 bits per heavy atom. The van der Waals surface area contributed by atoms with E-state index in [0.717, 1.165) is 22.4 Å². The largest absolute Gasteiger partial charge is 0.497 e. The lowest BCUT2D eigenvalue weighted by atomic mass is 10.1. The zero-order valence-corrected chi connectivity index (χ0v) is 20.0. The van der Waals surface area contributed by atoms with Crippen LogP contribution in [0.4, 0.5) is 0 Å². The molecule has 0 spiro atoms. The van der Waals surface area contributed by atoms with Crippen molar-refractivity contribution in [2.24, 2.45) is 0 Å². The first-order valence-corrected chi connectivity index (χ1v) is 11.7. The Balaban J connectivity index is 1.31. The third-order valence-electron chi connectivity index (χ3n) is 5.28. The maximum atomic E-state index is 11.5. The second-order valence-electron chi connectivity index (χ2n) is 7.54. The number of aromatic nitrogens is 5. The molecule has 0 saturated heterocycles. The van der Waals surface area contributed by atoms with Gasteiger partial charge in [-0.1, -0.05) is 35.9 Å². The lowest BCUT2D eigenvalue weighted by Gasteiger charge is -2.07. The number of benzene rings is 2. The van der Waals surface area contributed by atoms with Crippen LogP contribution in [0.3, 0.4) is 0 Å². The zero-order chi connectivity index (χ0) is 24.4. The summed E-state index contributed by atoms with van der Waals surface area (Å²) in [4.78, 5) is 17.0. The van der Waals surface area contributed by atoms with E-state index in [1.54, 1.807) is 7.11 Å². The molecule has 5 rings (SSSR count). The molecule has 3 heterocycles. The van der Waals surface area contributed by atoms with Crippen molar-refractivity contribution in [3.05, 3.63) is 82.0 Å². The van der Waals surface area contributed by atoms with E-state index < -0.39 is 5.97 Å². The summed E-state index contributed by atoms with van der Waals surface area (Å²) in [7, 11) is 1.63. The molecule has 5 aromatic rings. The van der Waals surface area contributed by atoms with Gasteiger partial charge in [0, 0.05) is 22.7 Å². The molecule has 0 aliphatic rings. The van der Waals surface area contributed by atoms with Crippen molar-refractivity contribution < 1.29 is 19.4 Å². The summed E-state index contributed by atoms with van der Waals surface area (Å²) in [5.74, 6) is 0.818. The van der Waals surface area contributed by atoms with Gasteiger partial charge in [0.25, 0.3) is 0 Å². The maximum absolute atomic E-state index is 11.5. The number of nitrogens with zero attached hydrogens (tertiary/aromatic N) is 5. The van der Waals surface area contributed by atoms with Gasteiger partial charge in [-0.15, -0.1) is 21.5 Å². The molecule has 3 aromatic heterocycles. The van der Waals surface area contributed by atoms with Crippen LogP contribution in [-0.4, -0.2) is 43.4 Å². The molecule has 0 saturated carbocycles. The Labute approximate surface area is 208 Å². The fraction of sp³-hybridized carbons (Fsp3) is 0.125. The Morgan fingerprint density at radius 3 is 2.77 bits per heavy atom. The van der Waals surface area contributed by atoms with Crippen LogP contribution < -0.4 is 9.47 Å². The summed E-state index contributed by atoms with van der Waals surface area (Å²) in [6.07, 6.45) is 1.27. The molecule has 2 aromatic carbocycles. The van der Waals surface area contributed by atoms with Gasteiger partial charge in [0.2, 0.25) is 5.82 Å². The van der Waals surface area contributed by atoms with Gasteiger partial charge >= 0.3 is 5.97 Å². The highest BCUT2D eigenvalue weighted by molar-refractivity contribution is 7.17. The average Bonchev–Trinajstić information content (AvgIpc) is 3.51. The molecule has 176 valence electrons. The predicted molar refractivity (Wildman–Crippen MR) is 131 cm³/mol. The molecule has 0 fully saturated rings. The first kappa shape index (κ1) is 22.8. The lowest BCUT2D eigenvalue weighted by Crippen LogP contribution is -2.04.